The molecular formula is C21H19F3N4O2S. The Morgan fingerprint density at radius 1 is 0.935 bits per heavy atom. The van der Waals surface area contributed by atoms with Crippen LogP contribution in [0.3, 0.4) is 0 Å². The van der Waals surface area contributed by atoms with E-state index in [4.69, 9.17) is 0 Å². The Morgan fingerprint density at radius 2 is 1.58 bits per heavy atom. The van der Waals surface area contributed by atoms with Gasteiger partial charge in [-0.1, -0.05) is 72.0 Å². The van der Waals surface area contributed by atoms with Crippen molar-refractivity contribution in [2.75, 3.05) is 5.32 Å². The Morgan fingerprint density at radius 3 is 2.23 bits per heavy atom. The summed E-state index contributed by atoms with van der Waals surface area (Å²) in [5.74, 6) is -2.68. The van der Waals surface area contributed by atoms with Gasteiger partial charge in [-0.15, -0.1) is 10.2 Å². The second-order valence-electron chi connectivity index (χ2n) is 6.67. The summed E-state index contributed by atoms with van der Waals surface area (Å²) in [5.41, 5.74) is 1.53. The van der Waals surface area contributed by atoms with Crippen LogP contribution in [-0.2, 0) is 22.4 Å². The average Bonchev–Trinajstić information content (AvgIpc) is 3.19. The third-order valence-electron chi connectivity index (χ3n) is 4.34. The van der Waals surface area contributed by atoms with Crippen molar-refractivity contribution in [3.05, 3.63) is 76.8 Å². The first-order chi connectivity index (χ1) is 14.8. The van der Waals surface area contributed by atoms with E-state index in [1.807, 2.05) is 35.6 Å². The molecular weight excluding hydrogens is 429 g/mol. The van der Waals surface area contributed by atoms with Crippen LogP contribution in [0.15, 0.2) is 60.7 Å². The van der Waals surface area contributed by atoms with Gasteiger partial charge in [-0.3, -0.25) is 9.59 Å². The molecule has 6 nitrogen and oxygen atoms in total. The topological polar surface area (TPSA) is 84.0 Å². The number of amides is 2. The van der Waals surface area contributed by atoms with E-state index in [-0.39, 0.29) is 11.6 Å². The SMILES string of the molecule is O=C(C[C@H](NC(=O)C(F)(F)F)c1ccccc1)Nc1nnc(CCc2ccccc2)s1. The number of hydrogen-bond donors (Lipinski definition) is 2. The van der Waals surface area contributed by atoms with Gasteiger partial charge in [-0.25, -0.2) is 0 Å². The lowest BCUT2D eigenvalue weighted by Crippen LogP contribution is -2.40. The number of anilines is 1. The maximum Gasteiger partial charge on any atom is 0.471 e. The monoisotopic (exact) mass is 448 g/mol. The highest BCUT2D eigenvalue weighted by Crippen LogP contribution is 2.23. The molecule has 162 valence electrons. The van der Waals surface area contributed by atoms with Crippen molar-refractivity contribution in [2.24, 2.45) is 0 Å². The highest BCUT2D eigenvalue weighted by Gasteiger charge is 2.40. The van der Waals surface area contributed by atoms with Crippen LogP contribution in [0.2, 0.25) is 0 Å². The van der Waals surface area contributed by atoms with E-state index in [0.29, 0.717) is 12.0 Å². The van der Waals surface area contributed by atoms with E-state index < -0.39 is 24.0 Å². The molecule has 0 aliphatic heterocycles. The number of alkyl halides is 3. The zero-order chi connectivity index (χ0) is 22.3. The molecule has 2 aromatic carbocycles. The Kier molecular flexibility index (Phi) is 7.35. The predicted molar refractivity (Wildman–Crippen MR) is 110 cm³/mol. The average molecular weight is 448 g/mol. The van der Waals surface area contributed by atoms with Gasteiger partial charge in [-0.2, -0.15) is 13.2 Å². The highest BCUT2D eigenvalue weighted by molar-refractivity contribution is 7.15. The summed E-state index contributed by atoms with van der Waals surface area (Å²) in [6.45, 7) is 0. The minimum Gasteiger partial charge on any atom is -0.341 e. The zero-order valence-electron chi connectivity index (χ0n) is 16.2. The van der Waals surface area contributed by atoms with Crippen LogP contribution < -0.4 is 10.6 Å². The largest absolute Gasteiger partial charge is 0.471 e. The second kappa shape index (κ2) is 10.2. The van der Waals surface area contributed by atoms with Crippen LogP contribution >= 0.6 is 11.3 Å². The molecule has 0 spiro atoms. The number of nitrogens with one attached hydrogen (secondary N) is 2. The van der Waals surface area contributed by atoms with E-state index >= 15 is 0 Å². The second-order valence-corrected chi connectivity index (χ2v) is 7.74. The summed E-state index contributed by atoms with van der Waals surface area (Å²) in [7, 11) is 0. The van der Waals surface area contributed by atoms with Gasteiger partial charge in [0.2, 0.25) is 11.0 Å². The van der Waals surface area contributed by atoms with Gasteiger partial charge >= 0.3 is 12.1 Å². The summed E-state index contributed by atoms with van der Waals surface area (Å²) in [6.07, 6.45) is -4.02. The number of aromatic nitrogens is 2. The third kappa shape index (κ3) is 6.88. The maximum atomic E-state index is 12.7. The standard InChI is InChI=1S/C21H19F3N4O2S/c22-21(23,24)19(30)25-16(15-9-5-2-6-10-15)13-17(29)26-20-28-27-18(31-20)12-11-14-7-3-1-4-8-14/h1-10,16H,11-13H2,(H,25,30)(H,26,28,29)/t16-/m0/s1. The van der Waals surface area contributed by atoms with E-state index in [1.54, 1.807) is 30.3 Å². The van der Waals surface area contributed by atoms with Crippen molar-refractivity contribution in [1.29, 1.82) is 0 Å². The summed E-state index contributed by atoms with van der Waals surface area (Å²) < 4.78 is 38.0. The molecule has 0 fully saturated rings. The smallest absolute Gasteiger partial charge is 0.341 e. The highest BCUT2D eigenvalue weighted by atomic mass is 32.1. The van der Waals surface area contributed by atoms with Gasteiger partial charge < -0.3 is 10.6 Å². The van der Waals surface area contributed by atoms with Crippen LogP contribution in [0.4, 0.5) is 18.3 Å². The minimum absolute atomic E-state index is 0.252. The lowest BCUT2D eigenvalue weighted by atomic mass is 10.0. The molecule has 2 N–H and O–H groups in total. The number of nitrogens with zero attached hydrogens (tertiary/aromatic N) is 2. The molecule has 31 heavy (non-hydrogen) atoms. The number of halogens is 3. The maximum absolute atomic E-state index is 12.7. The van der Waals surface area contributed by atoms with Crippen molar-refractivity contribution in [3.8, 4) is 0 Å². The number of carbonyl (C=O) groups excluding carboxylic acids is 2. The van der Waals surface area contributed by atoms with E-state index in [1.165, 1.54) is 11.3 Å². The van der Waals surface area contributed by atoms with E-state index in [9.17, 15) is 22.8 Å². The van der Waals surface area contributed by atoms with Crippen molar-refractivity contribution >= 4 is 28.3 Å². The first-order valence-corrected chi connectivity index (χ1v) is 10.2. The summed E-state index contributed by atoms with van der Waals surface area (Å²) in [6, 6.07) is 16.7. The number of rotatable bonds is 8. The molecule has 0 aliphatic rings. The Labute approximate surface area is 180 Å². The van der Waals surface area contributed by atoms with Crippen molar-refractivity contribution < 1.29 is 22.8 Å². The number of carbonyl (C=O) groups is 2. The predicted octanol–water partition coefficient (Wildman–Crippen LogP) is 4.07. The molecule has 0 bridgehead atoms. The van der Waals surface area contributed by atoms with Crippen molar-refractivity contribution in [3.63, 3.8) is 0 Å². The molecule has 0 aliphatic carbocycles. The molecule has 0 radical (unpaired) electrons. The van der Waals surface area contributed by atoms with Crippen LogP contribution in [-0.4, -0.2) is 28.2 Å². The summed E-state index contributed by atoms with van der Waals surface area (Å²) in [5, 5.41) is 13.4. The van der Waals surface area contributed by atoms with E-state index in [0.717, 1.165) is 17.0 Å². The normalized spacial score (nSPS) is 12.2. The van der Waals surface area contributed by atoms with Crippen molar-refractivity contribution in [1.82, 2.24) is 15.5 Å². The molecule has 1 heterocycles. The molecule has 1 aromatic heterocycles. The van der Waals surface area contributed by atoms with Crippen LogP contribution in [0.25, 0.3) is 0 Å². The first kappa shape index (κ1) is 22.4. The molecule has 1 atom stereocenters. The Balaban J connectivity index is 1.60. The summed E-state index contributed by atoms with van der Waals surface area (Å²) in [4.78, 5) is 23.8. The minimum atomic E-state index is -5.05. The van der Waals surface area contributed by atoms with Gasteiger partial charge in [0, 0.05) is 6.42 Å². The number of hydrogen-bond acceptors (Lipinski definition) is 5. The van der Waals surface area contributed by atoms with Crippen molar-refractivity contribution in [2.45, 2.75) is 31.5 Å². The van der Waals surface area contributed by atoms with Crippen LogP contribution in [0.1, 0.15) is 28.6 Å². The van der Waals surface area contributed by atoms with Gasteiger partial charge in [0.15, 0.2) is 0 Å². The molecule has 0 unspecified atom stereocenters. The van der Waals surface area contributed by atoms with Gasteiger partial charge in [0.1, 0.15) is 5.01 Å². The van der Waals surface area contributed by atoms with Gasteiger partial charge in [0.25, 0.3) is 0 Å². The molecule has 3 rings (SSSR count). The van der Waals surface area contributed by atoms with Gasteiger partial charge in [-0.05, 0) is 17.5 Å². The van der Waals surface area contributed by atoms with E-state index in [2.05, 4.69) is 15.5 Å². The molecule has 3 aromatic rings. The quantitative estimate of drug-likeness (QED) is 0.544. The first-order valence-electron chi connectivity index (χ1n) is 9.40. The third-order valence-corrected chi connectivity index (χ3v) is 5.24. The molecule has 0 saturated heterocycles. The number of aryl methyl sites for hydroxylation is 2. The zero-order valence-corrected chi connectivity index (χ0v) is 17.0. The lowest BCUT2D eigenvalue weighted by molar-refractivity contribution is -0.174. The Hall–Kier alpha value is -3.27. The fourth-order valence-electron chi connectivity index (χ4n) is 2.83. The van der Waals surface area contributed by atoms with Gasteiger partial charge in [0.05, 0.1) is 12.5 Å². The molecule has 10 heteroatoms. The van der Waals surface area contributed by atoms with Crippen LogP contribution in [0, 0.1) is 0 Å². The summed E-state index contributed by atoms with van der Waals surface area (Å²) >= 11 is 1.20. The fraction of sp³-hybridized carbons (Fsp3) is 0.238. The number of benzene rings is 2. The Bertz CT molecular complexity index is 1010. The molecule has 2 amide bonds. The molecule has 0 saturated carbocycles. The lowest BCUT2D eigenvalue weighted by Gasteiger charge is -2.19. The fourth-order valence-corrected chi connectivity index (χ4v) is 3.59. The van der Waals surface area contributed by atoms with Crippen LogP contribution in [0.5, 0.6) is 0 Å².